The highest BCUT2D eigenvalue weighted by Crippen LogP contribution is 2.44. The van der Waals surface area contributed by atoms with Gasteiger partial charge in [-0.2, -0.15) is 5.10 Å². The number of hydrogen-bond acceptors (Lipinski definition) is 4. The lowest BCUT2D eigenvalue weighted by atomic mass is 9.95. The van der Waals surface area contributed by atoms with Gasteiger partial charge in [-0.1, -0.05) is 42.8 Å². The minimum Gasteiger partial charge on any atom is -0.493 e. The van der Waals surface area contributed by atoms with Crippen LogP contribution in [-0.4, -0.2) is 41.8 Å². The lowest BCUT2D eigenvalue weighted by Gasteiger charge is -2.26. The summed E-state index contributed by atoms with van der Waals surface area (Å²) in [6.07, 6.45) is 0.868. The molecule has 1 amide bonds. The molecule has 150 valence electrons. The van der Waals surface area contributed by atoms with Crippen LogP contribution in [0.2, 0.25) is 0 Å². The molecule has 29 heavy (non-hydrogen) atoms. The van der Waals surface area contributed by atoms with Crippen molar-refractivity contribution >= 4 is 5.91 Å². The monoisotopic (exact) mass is 391 g/mol. The molecule has 1 atom stereocenters. The van der Waals surface area contributed by atoms with Crippen LogP contribution >= 0.6 is 0 Å². The predicted molar refractivity (Wildman–Crippen MR) is 111 cm³/mol. The van der Waals surface area contributed by atoms with Crippen LogP contribution in [0.1, 0.15) is 46.6 Å². The van der Waals surface area contributed by atoms with Gasteiger partial charge in [-0.05, 0) is 31.0 Å². The third-order valence-electron chi connectivity index (χ3n) is 5.38. The summed E-state index contributed by atoms with van der Waals surface area (Å²) in [7, 11) is 3.23. The van der Waals surface area contributed by atoms with Crippen molar-refractivity contribution in [3.05, 3.63) is 64.8 Å². The van der Waals surface area contributed by atoms with E-state index in [4.69, 9.17) is 9.47 Å². The van der Waals surface area contributed by atoms with Crippen molar-refractivity contribution in [2.24, 2.45) is 0 Å². The molecule has 6 heteroatoms. The average Bonchev–Trinajstić information content (AvgIpc) is 3.28. The number of nitrogens with one attached hydrogen (secondary N) is 1. The lowest BCUT2D eigenvalue weighted by Crippen LogP contribution is -2.30. The van der Waals surface area contributed by atoms with E-state index in [0.717, 1.165) is 28.8 Å². The maximum absolute atomic E-state index is 13.1. The molecule has 1 N–H and O–H groups in total. The normalized spacial score (nSPS) is 15.5. The summed E-state index contributed by atoms with van der Waals surface area (Å²) in [5.41, 5.74) is 5.43. The van der Waals surface area contributed by atoms with E-state index in [1.807, 2.05) is 35.2 Å². The summed E-state index contributed by atoms with van der Waals surface area (Å²) >= 11 is 0. The Morgan fingerprint density at radius 2 is 1.79 bits per heavy atom. The summed E-state index contributed by atoms with van der Waals surface area (Å²) in [5, 5.41) is 7.50. The molecular weight excluding hydrogens is 366 g/mol. The van der Waals surface area contributed by atoms with E-state index in [0.29, 0.717) is 23.7 Å². The summed E-state index contributed by atoms with van der Waals surface area (Å²) in [5.74, 6) is 1.28. The van der Waals surface area contributed by atoms with E-state index in [1.165, 1.54) is 5.56 Å². The third-order valence-corrected chi connectivity index (χ3v) is 5.38. The molecule has 1 unspecified atom stereocenters. The molecular formula is C23H25N3O3. The van der Waals surface area contributed by atoms with E-state index < -0.39 is 0 Å². The van der Waals surface area contributed by atoms with Gasteiger partial charge in [0, 0.05) is 17.7 Å². The zero-order valence-corrected chi connectivity index (χ0v) is 17.2. The van der Waals surface area contributed by atoms with E-state index in [1.54, 1.807) is 14.2 Å². The molecule has 1 aromatic heterocycles. The smallest absolute Gasteiger partial charge is 0.273 e. The van der Waals surface area contributed by atoms with E-state index in [2.05, 4.69) is 36.2 Å². The zero-order valence-electron chi connectivity index (χ0n) is 17.2. The van der Waals surface area contributed by atoms with Gasteiger partial charge in [-0.15, -0.1) is 0 Å². The standard InChI is InChI=1S/C23H25N3O3/c1-5-12-26-22(16-10-11-17(28-3)18(13-16)29-4)19-20(24-25-21(19)23(26)27)15-8-6-14(2)7-9-15/h6-11,13,22H,5,12H2,1-4H3,(H,24,25). The van der Waals surface area contributed by atoms with Gasteiger partial charge < -0.3 is 14.4 Å². The number of methoxy groups -OCH3 is 2. The van der Waals surface area contributed by atoms with Crippen molar-refractivity contribution in [1.82, 2.24) is 15.1 Å². The summed E-state index contributed by atoms with van der Waals surface area (Å²) in [6.45, 7) is 4.79. The van der Waals surface area contributed by atoms with E-state index in [-0.39, 0.29) is 11.9 Å². The Bertz CT molecular complexity index is 1040. The largest absolute Gasteiger partial charge is 0.493 e. The first-order valence-electron chi connectivity index (χ1n) is 9.77. The van der Waals surface area contributed by atoms with Gasteiger partial charge in [0.25, 0.3) is 5.91 Å². The molecule has 6 nitrogen and oxygen atoms in total. The van der Waals surface area contributed by atoms with Gasteiger partial charge in [0.1, 0.15) is 5.69 Å². The Morgan fingerprint density at radius 1 is 1.07 bits per heavy atom. The number of carbonyl (C=O) groups is 1. The van der Waals surface area contributed by atoms with Crippen LogP contribution in [0, 0.1) is 6.92 Å². The number of benzene rings is 2. The van der Waals surface area contributed by atoms with Gasteiger partial charge in [-0.25, -0.2) is 0 Å². The molecule has 1 aliphatic heterocycles. The van der Waals surface area contributed by atoms with Crippen molar-refractivity contribution in [3.8, 4) is 22.8 Å². The Balaban J connectivity index is 1.88. The van der Waals surface area contributed by atoms with Gasteiger partial charge in [-0.3, -0.25) is 9.89 Å². The second-order valence-electron chi connectivity index (χ2n) is 7.24. The first-order valence-corrected chi connectivity index (χ1v) is 9.77. The molecule has 0 bridgehead atoms. The first kappa shape index (κ1) is 19.1. The number of aromatic nitrogens is 2. The molecule has 0 saturated carbocycles. The lowest BCUT2D eigenvalue weighted by molar-refractivity contribution is 0.0743. The Labute approximate surface area is 170 Å². The van der Waals surface area contributed by atoms with Crippen molar-refractivity contribution in [3.63, 3.8) is 0 Å². The number of rotatable bonds is 6. The molecule has 0 spiro atoms. The average molecular weight is 391 g/mol. The number of ether oxygens (including phenoxy) is 2. The first-order chi connectivity index (χ1) is 14.1. The second-order valence-corrected chi connectivity index (χ2v) is 7.24. The summed E-state index contributed by atoms with van der Waals surface area (Å²) in [4.78, 5) is 15.1. The maximum Gasteiger partial charge on any atom is 0.273 e. The van der Waals surface area contributed by atoms with Crippen LogP contribution < -0.4 is 9.47 Å². The molecule has 2 aromatic carbocycles. The van der Waals surface area contributed by atoms with Gasteiger partial charge in [0.15, 0.2) is 11.5 Å². The van der Waals surface area contributed by atoms with Crippen molar-refractivity contribution in [1.29, 1.82) is 0 Å². The SMILES string of the molecule is CCCN1C(=O)c2[nH]nc(-c3ccc(C)cc3)c2C1c1ccc(OC)c(OC)c1. The van der Waals surface area contributed by atoms with Gasteiger partial charge in [0.05, 0.1) is 26.0 Å². The maximum atomic E-state index is 13.1. The molecule has 2 heterocycles. The third kappa shape index (κ3) is 3.14. The minimum absolute atomic E-state index is 0.0208. The number of aryl methyl sites for hydroxylation is 1. The molecule has 0 aliphatic carbocycles. The number of amides is 1. The van der Waals surface area contributed by atoms with Crippen LogP contribution in [0.3, 0.4) is 0 Å². The quantitative estimate of drug-likeness (QED) is 0.678. The fourth-order valence-electron chi connectivity index (χ4n) is 3.97. The molecule has 0 fully saturated rings. The minimum atomic E-state index is -0.229. The number of carbonyl (C=O) groups excluding carboxylic acids is 1. The zero-order chi connectivity index (χ0) is 20.5. The van der Waals surface area contributed by atoms with Crippen LogP contribution in [0.5, 0.6) is 11.5 Å². The van der Waals surface area contributed by atoms with Crippen LogP contribution in [0.15, 0.2) is 42.5 Å². The second kappa shape index (κ2) is 7.62. The Morgan fingerprint density at radius 3 is 2.45 bits per heavy atom. The van der Waals surface area contributed by atoms with Gasteiger partial charge in [0.2, 0.25) is 0 Å². The molecule has 0 radical (unpaired) electrons. The van der Waals surface area contributed by atoms with E-state index >= 15 is 0 Å². The summed E-state index contributed by atoms with van der Waals surface area (Å²) in [6, 6.07) is 13.8. The van der Waals surface area contributed by atoms with Gasteiger partial charge >= 0.3 is 0 Å². The number of hydrogen-bond donors (Lipinski definition) is 1. The summed E-state index contributed by atoms with van der Waals surface area (Å²) < 4.78 is 10.9. The Hall–Kier alpha value is -3.28. The Kier molecular flexibility index (Phi) is 5.01. The highest BCUT2D eigenvalue weighted by atomic mass is 16.5. The predicted octanol–water partition coefficient (Wildman–Crippen LogP) is 4.36. The van der Waals surface area contributed by atoms with E-state index in [9.17, 15) is 4.79 Å². The fraction of sp³-hybridized carbons (Fsp3) is 0.304. The number of H-pyrrole nitrogens is 1. The van der Waals surface area contributed by atoms with Crippen molar-refractivity contribution in [2.45, 2.75) is 26.3 Å². The van der Waals surface area contributed by atoms with Crippen LogP contribution in [0.25, 0.3) is 11.3 Å². The van der Waals surface area contributed by atoms with Crippen molar-refractivity contribution in [2.75, 3.05) is 20.8 Å². The topological polar surface area (TPSA) is 67.5 Å². The number of nitrogens with zero attached hydrogens (tertiary/aromatic N) is 2. The number of fused-ring (bicyclic) bond motifs is 1. The highest BCUT2D eigenvalue weighted by molar-refractivity contribution is 6.00. The molecule has 4 rings (SSSR count). The molecule has 3 aromatic rings. The van der Waals surface area contributed by atoms with Crippen LogP contribution in [0.4, 0.5) is 0 Å². The molecule has 1 aliphatic rings. The van der Waals surface area contributed by atoms with Crippen molar-refractivity contribution < 1.29 is 14.3 Å². The highest BCUT2D eigenvalue weighted by Gasteiger charge is 2.41. The van der Waals surface area contributed by atoms with Crippen LogP contribution in [-0.2, 0) is 0 Å². The fourth-order valence-corrected chi connectivity index (χ4v) is 3.97. The number of aromatic amines is 1. The molecule has 0 saturated heterocycles.